The first-order valence-corrected chi connectivity index (χ1v) is 7.74. The van der Waals surface area contributed by atoms with E-state index in [1.54, 1.807) is 0 Å². The van der Waals surface area contributed by atoms with Gasteiger partial charge in [-0.2, -0.15) is 0 Å². The van der Waals surface area contributed by atoms with Crippen molar-refractivity contribution in [1.29, 1.82) is 0 Å². The quantitative estimate of drug-likeness (QED) is 0.719. The molecule has 3 unspecified atom stereocenters. The van der Waals surface area contributed by atoms with E-state index in [4.69, 9.17) is 10.5 Å². The van der Waals surface area contributed by atoms with E-state index in [1.807, 2.05) is 13.8 Å². The lowest BCUT2D eigenvalue weighted by atomic mass is 9.83. The van der Waals surface area contributed by atoms with Gasteiger partial charge in [0, 0.05) is 12.6 Å². The summed E-state index contributed by atoms with van der Waals surface area (Å²) in [5, 5.41) is 0. The molecule has 0 saturated heterocycles. The molecule has 0 aromatic rings. The van der Waals surface area contributed by atoms with Gasteiger partial charge in [-0.05, 0) is 38.8 Å². The molecule has 2 N–H and O–H groups in total. The zero-order valence-corrected chi connectivity index (χ0v) is 12.7. The van der Waals surface area contributed by atoms with E-state index in [9.17, 15) is 4.79 Å². The normalized spacial score (nSPS) is 25.3. The number of esters is 1. The molecule has 3 atom stereocenters. The van der Waals surface area contributed by atoms with E-state index in [2.05, 4.69) is 11.8 Å². The second-order valence-electron chi connectivity index (χ2n) is 5.59. The summed E-state index contributed by atoms with van der Waals surface area (Å²) < 4.78 is 5.10. The summed E-state index contributed by atoms with van der Waals surface area (Å²) in [5.74, 6) is 0.449. The molecule has 0 aromatic heterocycles. The van der Waals surface area contributed by atoms with Gasteiger partial charge in [0.15, 0.2) is 0 Å². The van der Waals surface area contributed by atoms with Crippen LogP contribution in [0.25, 0.3) is 0 Å². The molecule has 1 saturated carbocycles. The van der Waals surface area contributed by atoms with Crippen molar-refractivity contribution in [2.24, 2.45) is 17.6 Å². The predicted octanol–water partition coefficient (Wildman–Crippen LogP) is 2.02. The zero-order valence-electron chi connectivity index (χ0n) is 12.7. The van der Waals surface area contributed by atoms with Gasteiger partial charge in [0.1, 0.15) is 0 Å². The highest BCUT2D eigenvalue weighted by atomic mass is 16.5. The summed E-state index contributed by atoms with van der Waals surface area (Å²) in [5.41, 5.74) is 5.91. The lowest BCUT2D eigenvalue weighted by molar-refractivity contribution is -0.148. The molecule has 0 bridgehead atoms. The van der Waals surface area contributed by atoms with Gasteiger partial charge >= 0.3 is 5.97 Å². The first-order chi connectivity index (χ1) is 9.13. The van der Waals surface area contributed by atoms with Crippen LogP contribution in [0.5, 0.6) is 0 Å². The maximum atomic E-state index is 11.8. The predicted molar refractivity (Wildman–Crippen MR) is 77.8 cm³/mol. The smallest absolute Gasteiger partial charge is 0.309 e. The standard InChI is InChI=1S/C15H30N2O2/c1-4-17(11-12(3)15(18)19-5-2)14-9-7-6-8-13(14)10-16/h12-14H,4-11,16H2,1-3H3. The Balaban J connectivity index is 2.58. The molecule has 0 spiro atoms. The van der Waals surface area contributed by atoms with Gasteiger partial charge in [0.2, 0.25) is 0 Å². The number of carbonyl (C=O) groups is 1. The van der Waals surface area contributed by atoms with Crippen LogP contribution in [0.1, 0.15) is 46.5 Å². The molecule has 0 amide bonds. The third-order valence-electron chi connectivity index (χ3n) is 4.24. The van der Waals surface area contributed by atoms with Crippen LogP contribution in [-0.2, 0) is 9.53 Å². The number of rotatable bonds is 7. The average molecular weight is 270 g/mol. The number of hydrogen-bond donors (Lipinski definition) is 1. The summed E-state index contributed by atoms with van der Waals surface area (Å²) in [6.07, 6.45) is 5.02. The van der Waals surface area contributed by atoms with Gasteiger partial charge in [0.25, 0.3) is 0 Å². The van der Waals surface area contributed by atoms with Crippen molar-refractivity contribution in [3.63, 3.8) is 0 Å². The second-order valence-corrected chi connectivity index (χ2v) is 5.59. The summed E-state index contributed by atoms with van der Waals surface area (Å²) >= 11 is 0. The minimum absolute atomic E-state index is 0.0553. The van der Waals surface area contributed by atoms with Crippen LogP contribution >= 0.6 is 0 Å². The number of nitrogens with two attached hydrogens (primary N) is 1. The van der Waals surface area contributed by atoms with Gasteiger partial charge in [-0.25, -0.2) is 0 Å². The van der Waals surface area contributed by atoms with Crippen molar-refractivity contribution in [1.82, 2.24) is 4.90 Å². The van der Waals surface area contributed by atoms with Crippen LogP contribution in [0.3, 0.4) is 0 Å². The number of hydrogen-bond acceptors (Lipinski definition) is 4. The highest BCUT2D eigenvalue weighted by molar-refractivity contribution is 5.72. The molecular weight excluding hydrogens is 240 g/mol. The number of nitrogens with zero attached hydrogens (tertiary/aromatic N) is 1. The van der Waals surface area contributed by atoms with Crippen molar-refractivity contribution in [2.45, 2.75) is 52.5 Å². The Labute approximate surface area is 117 Å². The Bertz CT molecular complexity index is 271. The zero-order chi connectivity index (χ0) is 14.3. The minimum atomic E-state index is -0.0824. The number of carbonyl (C=O) groups excluding carboxylic acids is 1. The van der Waals surface area contributed by atoms with Crippen molar-refractivity contribution in [3.8, 4) is 0 Å². The summed E-state index contributed by atoms with van der Waals surface area (Å²) in [6.45, 7) is 8.97. The van der Waals surface area contributed by atoms with E-state index in [1.165, 1.54) is 25.7 Å². The van der Waals surface area contributed by atoms with Gasteiger partial charge in [0.05, 0.1) is 12.5 Å². The van der Waals surface area contributed by atoms with Crippen LogP contribution in [0, 0.1) is 11.8 Å². The van der Waals surface area contributed by atoms with Gasteiger partial charge in [-0.3, -0.25) is 9.69 Å². The largest absolute Gasteiger partial charge is 0.466 e. The van der Waals surface area contributed by atoms with Crippen LogP contribution in [0.2, 0.25) is 0 Å². The minimum Gasteiger partial charge on any atom is -0.466 e. The summed E-state index contributed by atoms with van der Waals surface area (Å²) in [7, 11) is 0. The lowest BCUT2D eigenvalue weighted by Crippen LogP contribution is -2.47. The molecule has 4 nitrogen and oxygen atoms in total. The fourth-order valence-corrected chi connectivity index (χ4v) is 3.15. The van der Waals surface area contributed by atoms with Crippen molar-refractivity contribution < 1.29 is 9.53 Å². The highest BCUT2D eigenvalue weighted by Gasteiger charge is 2.30. The molecule has 19 heavy (non-hydrogen) atoms. The maximum Gasteiger partial charge on any atom is 0.309 e. The average Bonchev–Trinajstić information content (AvgIpc) is 2.44. The van der Waals surface area contributed by atoms with Crippen LogP contribution in [0.4, 0.5) is 0 Å². The monoisotopic (exact) mass is 270 g/mol. The molecule has 112 valence electrons. The van der Waals surface area contributed by atoms with Gasteiger partial charge in [-0.1, -0.05) is 26.7 Å². The SMILES string of the molecule is CCOC(=O)C(C)CN(CC)C1CCCCC1CN. The van der Waals surface area contributed by atoms with E-state index >= 15 is 0 Å². The summed E-state index contributed by atoms with van der Waals surface area (Å²) in [4.78, 5) is 14.2. The first kappa shape index (κ1) is 16.4. The Morgan fingerprint density at radius 1 is 1.37 bits per heavy atom. The lowest BCUT2D eigenvalue weighted by Gasteiger charge is -2.40. The highest BCUT2D eigenvalue weighted by Crippen LogP contribution is 2.28. The molecule has 1 rings (SSSR count). The van der Waals surface area contributed by atoms with Crippen molar-refractivity contribution in [3.05, 3.63) is 0 Å². The molecule has 1 aliphatic rings. The van der Waals surface area contributed by atoms with Crippen LogP contribution in [-0.4, -0.2) is 43.2 Å². The fourth-order valence-electron chi connectivity index (χ4n) is 3.15. The molecule has 1 fully saturated rings. The van der Waals surface area contributed by atoms with Crippen molar-refractivity contribution in [2.75, 3.05) is 26.2 Å². The topological polar surface area (TPSA) is 55.6 Å². The third-order valence-corrected chi connectivity index (χ3v) is 4.24. The molecule has 0 heterocycles. The molecule has 4 heteroatoms. The van der Waals surface area contributed by atoms with Gasteiger partial charge < -0.3 is 10.5 Å². The second kappa shape index (κ2) is 8.54. The van der Waals surface area contributed by atoms with Crippen LogP contribution < -0.4 is 5.73 Å². The molecule has 0 aromatic carbocycles. The first-order valence-electron chi connectivity index (χ1n) is 7.74. The molecule has 0 radical (unpaired) electrons. The van der Waals surface area contributed by atoms with Crippen molar-refractivity contribution >= 4 is 5.97 Å². The van der Waals surface area contributed by atoms with E-state index < -0.39 is 0 Å². The Kier molecular flexibility index (Phi) is 7.39. The van der Waals surface area contributed by atoms with E-state index in [-0.39, 0.29) is 11.9 Å². The number of ether oxygens (including phenoxy) is 1. The Hall–Kier alpha value is -0.610. The fraction of sp³-hybridized carbons (Fsp3) is 0.933. The molecule has 1 aliphatic carbocycles. The van der Waals surface area contributed by atoms with E-state index in [0.717, 1.165) is 19.6 Å². The Morgan fingerprint density at radius 3 is 2.63 bits per heavy atom. The summed E-state index contributed by atoms with van der Waals surface area (Å²) in [6, 6.07) is 0.542. The Morgan fingerprint density at radius 2 is 2.05 bits per heavy atom. The van der Waals surface area contributed by atoms with Crippen LogP contribution in [0.15, 0.2) is 0 Å². The van der Waals surface area contributed by atoms with E-state index in [0.29, 0.717) is 18.6 Å². The third kappa shape index (κ3) is 4.77. The molecular formula is C15H30N2O2. The molecule has 0 aliphatic heterocycles. The maximum absolute atomic E-state index is 11.8. The van der Waals surface area contributed by atoms with Gasteiger partial charge in [-0.15, -0.1) is 0 Å².